The minimum absolute atomic E-state index is 0.0879. The van der Waals surface area contributed by atoms with Crippen molar-refractivity contribution in [3.05, 3.63) is 54.1 Å². The molecule has 0 fully saturated rings. The third-order valence-electron chi connectivity index (χ3n) is 4.39. The van der Waals surface area contributed by atoms with Gasteiger partial charge >= 0.3 is 0 Å². The molecule has 0 saturated heterocycles. The van der Waals surface area contributed by atoms with E-state index in [9.17, 15) is 13.2 Å². The molecular formula is C20H24N2O5S. The number of amides is 1. The number of anilines is 1. The highest BCUT2D eigenvalue weighted by molar-refractivity contribution is 7.92. The Labute approximate surface area is 165 Å². The lowest BCUT2D eigenvalue weighted by molar-refractivity contribution is -0.121. The Morgan fingerprint density at radius 1 is 1.11 bits per heavy atom. The number of rotatable bonds is 9. The third-order valence-corrected chi connectivity index (χ3v) is 5.58. The normalized spacial score (nSPS) is 12.6. The van der Waals surface area contributed by atoms with Crippen molar-refractivity contribution in [1.82, 2.24) is 5.32 Å². The second-order valence-electron chi connectivity index (χ2n) is 6.56. The van der Waals surface area contributed by atoms with Crippen LogP contribution in [0.2, 0.25) is 0 Å². The van der Waals surface area contributed by atoms with Gasteiger partial charge in [-0.25, -0.2) is 8.42 Å². The minimum atomic E-state index is -3.48. The van der Waals surface area contributed by atoms with Gasteiger partial charge in [0.25, 0.3) is 0 Å². The number of carbonyl (C=O) groups is 1. The zero-order valence-corrected chi connectivity index (χ0v) is 16.6. The van der Waals surface area contributed by atoms with Crippen LogP contribution in [0.15, 0.2) is 48.5 Å². The van der Waals surface area contributed by atoms with Crippen LogP contribution in [0.3, 0.4) is 0 Å². The Balaban J connectivity index is 1.50. The van der Waals surface area contributed by atoms with E-state index in [4.69, 9.17) is 9.47 Å². The molecule has 0 bridgehead atoms. The first-order valence-electron chi connectivity index (χ1n) is 9.11. The summed E-state index contributed by atoms with van der Waals surface area (Å²) in [6.07, 6.45) is 2.58. The molecule has 1 aliphatic rings. The largest absolute Gasteiger partial charge is 0.454 e. The lowest BCUT2D eigenvalue weighted by atomic mass is 10.1. The molecule has 0 saturated carbocycles. The van der Waals surface area contributed by atoms with E-state index in [1.54, 1.807) is 18.2 Å². The number of fused-ring (bicyclic) bond motifs is 1. The molecule has 1 heterocycles. The van der Waals surface area contributed by atoms with E-state index in [2.05, 4.69) is 5.32 Å². The summed E-state index contributed by atoms with van der Waals surface area (Å²) >= 11 is 0. The van der Waals surface area contributed by atoms with Crippen molar-refractivity contribution in [3.63, 3.8) is 0 Å². The summed E-state index contributed by atoms with van der Waals surface area (Å²) in [6, 6.07) is 14.9. The van der Waals surface area contributed by atoms with Crippen LogP contribution in [0.1, 0.15) is 18.4 Å². The molecule has 3 rings (SSSR count). The molecule has 0 radical (unpaired) electrons. The van der Waals surface area contributed by atoms with E-state index in [-0.39, 0.29) is 25.7 Å². The first-order chi connectivity index (χ1) is 13.4. The number of nitrogens with zero attached hydrogens (tertiary/aromatic N) is 1. The third kappa shape index (κ3) is 5.39. The van der Waals surface area contributed by atoms with Gasteiger partial charge in [0.2, 0.25) is 22.7 Å². The number of hydrogen-bond acceptors (Lipinski definition) is 5. The van der Waals surface area contributed by atoms with Gasteiger partial charge in [-0.3, -0.25) is 9.10 Å². The smallest absolute Gasteiger partial charge is 0.232 e. The molecular weight excluding hydrogens is 380 g/mol. The average Bonchev–Trinajstić information content (AvgIpc) is 3.13. The SMILES string of the molecule is CS(=O)(=O)N(CCCC(=O)NCCc1ccccc1)c1ccc2c(c1)OCO2. The van der Waals surface area contributed by atoms with Crippen molar-refractivity contribution in [2.24, 2.45) is 0 Å². The van der Waals surface area contributed by atoms with Crippen LogP contribution in [0.25, 0.3) is 0 Å². The molecule has 2 aromatic rings. The number of nitrogens with one attached hydrogen (secondary N) is 1. The first kappa shape index (κ1) is 20.0. The summed E-state index contributed by atoms with van der Waals surface area (Å²) in [5.41, 5.74) is 1.66. The minimum Gasteiger partial charge on any atom is -0.454 e. The Hall–Kier alpha value is -2.74. The number of ether oxygens (including phenoxy) is 2. The molecule has 7 nitrogen and oxygen atoms in total. The maximum atomic E-state index is 12.2. The summed E-state index contributed by atoms with van der Waals surface area (Å²) in [6.45, 7) is 0.895. The second-order valence-corrected chi connectivity index (χ2v) is 8.47. The van der Waals surface area contributed by atoms with Crippen LogP contribution in [0.4, 0.5) is 5.69 Å². The molecule has 1 N–H and O–H groups in total. The second kappa shape index (κ2) is 8.97. The Morgan fingerprint density at radius 2 is 1.86 bits per heavy atom. The van der Waals surface area contributed by atoms with Crippen molar-refractivity contribution in [3.8, 4) is 11.5 Å². The highest BCUT2D eigenvalue weighted by Crippen LogP contribution is 2.36. The zero-order chi connectivity index (χ0) is 20.0. The van der Waals surface area contributed by atoms with E-state index in [0.29, 0.717) is 30.2 Å². The molecule has 0 aliphatic carbocycles. The van der Waals surface area contributed by atoms with Gasteiger partial charge in [0, 0.05) is 25.6 Å². The summed E-state index contributed by atoms with van der Waals surface area (Å²) in [5, 5.41) is 2.87. The summed E-state index contributed by atoms with van der Waals surface area (Å²) in [5.74, 6) is 1.02. The van der Waals surface area contributed by atoms with Crippen molar-refractivity contribution >= 4 is 21.6 Å². The lowest BCUT2D eigenvalue weighted by Crippen LogP contribution is -2.32. The van der Waals surface area contributed by atoms with Crippen molar-refractivity contribution in [2.75, 3.05) is 30.4 Å². The van der Waals surface area contributed by atoms with Gasteiger partial charge in [-0.1, -0.05) is 30.3 Å². The molecule has 2 aromatic carbocycles. The number of benzene rings is 2. The van der Waals surface area contributed by atoms with Gasteiger partial charge < -0.3 is 14.8 Å². The van der Waals surface area contributed by atoms with Crippen LogP contribution in [0, 0.1) is 0 Å². The fraction of sp³-hybridized carbons (Fsp3) is 0.350. The van der Waals surface area contributed by atoms with E-state index in [0.717, 1.165) is 18.2 Å². The van der Waals surface area contributed by atoms with Crippen LogP contribution in [-0.4, -0.2) is 40.5 Å². The summed E-state index contributed by atoms with van der Waals surface area (Å²) < 4.78 is 36.2. The van der Waals surface area contributed by atoms with Gasteiger partial charge in [0.05, 0.1) is 11.9 Å². The van der Waals surface area contributed by atoms with E-state index >= 15 is 0 Å². The molecule has 0 spiro atoms. The molecule has 28 heavy (non-hydrogen) atoms. The maximum absolute atomic E-state index is 12.2. The average molecular weight is 404 g/mol. The lowest BCUT2D eigenvalue weighted by Gasteiger charge is -2.22. The molecule has 1 amide bonds. The molecule has 0 aromatic heterocycles. The highest BCUT2D eigenvalue weighted by atomic mass is 32.2. The van der Waals surface area contributed by atoms with E-state index in [1.165, 1.54) is 4.31 Å². The van der Waals surface area contributed by atoms with Crippen molar-refractivity contribution in [2.45, 2.75) is 19.3 Å². The quantitative estimate of drug-likeness (QED) is 0.693. The predicted molar refractivity (Wildman–Crippen MR) is 107 cm³/mol. The van der Waals surface area contributed by atoms with Gasteiger partial charge in [0.1, 0.15) is 0 Å². The number of sulfonamides is 1. The molecule has 8 heteroatoms. The molecule has 0 atom stereocenters. The van der Waals surface area contributed by atoms with Crippen LogP contribution >= 0.6 is 0 Å². The maximum Gasteiger partial charge on any atom is 0.232 e. The monoisotopic (exact) mass is 404 g/mol. The van der Waals surface area contributed by atoms with E-state index < -0.39 is 10.0 Å². The van der Waals surface area contributed by atoms with Gasteiger partial charge in [0.15, 0.2) is 11.5 Å². The van der Waals surface area contributed by atoms with Crippen molar-refractivity contribution < 1.29 is 22.7 Å². The van der Waals surface area contributed by atoms with Crippen molar-refractivity contribution in [1.29, 1.82) is 0 Å². The van der Waals surface area contributed by atoms with E-state index in [1.807, 2.05) is 30.3 Å². The van der Waals surface area contributed by atoms with Gasteiger partial charge in [-0.05, 0) is 30.5 Å². The van der Waals surface area contributed by atoms with Crippen LogP contribution in [-0.2, 0) is 21.2 Å². The Bertz CT molecular complexity index is 915. The molecule has 0 unspecified atom stereocenters. The van der Waals surface area contributed by atoms with Crippen LogP contribution < -0.4 is 19.1 Å². The predicted octanol–water partition coefficient (Wildman–Crippen LogP) is 2.32. The highest BCUT2D eigenvalue weighted by Gasteiger charge is 2.21. The Morgan fingerprint density at radius 3 is 2.61 bits per heavy atom. The van der Waals surface area contributed by atoms with Crippen LogP contribution in [0.5, 0.6) is 11.5 Å². The fourth-order valence-corrected chi connectivity index (χ4v) is 3.95. The van der Waals surface area contributed by atoms with Gasteiger partial charge in [-0.15, -0.1) is 0 Å². The number of carbonyl (C=O) groups excluding carboxylic acids is 1. The van der Waals surface area contributed by atoms with Gasteiger partial charge in [-0.2, -0.15) is 0 Å². The molecule has 1 aliphatic heterocycles. The fourth-order valence-electron chi connectivity index (χ4n) is 2.99. The summed E-state index contributed by atoms with van der Waals surface area (Å²) in [7, 11) is -3.48. The first-order valence-corrected chi connectivity index (χ1v) is 11.0. The topological polar surface area (TPSA) is 84.9 Å². The number of hydrogen-bond donors (Lipinski definition) is 1. The Kier molecular flexibility index (Phi) is 6.41. The standard InChI is InChI=1S/C20H24N2O5S/c1-28(24,25)22(17-9-10-18-19(14-17)27-15-26-18)13-5-8-20(23)21-12-11-16-6-3-2-4-7-16/h2-4,6-7,9-10,14H,5,8,11-13,15H2,1H3,(H,21,23). The molecule has 150 valence electrons. The summed E-state index contributed by atoms with van der Waals surface area (Å²) in [4.78, 5) is 12.0. The zero-order valence-electron chi connectivity index (χ0n) is 15.8.